The Kier molecular flexibility index (Phi) is 5.17. The highest BCUT2D eigenvalue weighted by molar-refractivity contribution is 5.88. The minimum Gasteiger partial charge on any atom is -0.463 e. The first-order valence-corrected chi connectivity index (χ1v) is 3.69. The lowest BCUT2D eigenvalue weighted by molar-refractivity contribution is -0.138. The van der Waals surface area contributed by atoms with Gasteiger partial charge in [-0.1, -0.05) is 18.2 Å². The van der Waals surface area contributed by atoms with Gasteiger partial charge in [0.1, 0.15) is 0 Å². The second-order valence-corrected chi connectivity index (χ2v) is 2.10. The summed E-state index contributed by atoms with van der Waals surface area (Å²) in [5.74, 6) is -0.245. The molecule has 0 atom stereocenters. The van der Waals surface area contributed by atoms with Crippen LogP contribution >= 0.6 is 0 Å². The van der Waals surface area contributed by atoms with Crippen LogP contribution in [0.2, 0.25) is 0 Å². The average Bonchev–Trinajstić information content (AvgIpc) is 2.00. The Hall–Kier alpha value is -1.05. The molecule has 0 bridgehead atoms. The van der Waals surface area contributed by atoms with Crippen LogP contribution in [-0.2, 0) is 9.53 Å². The molecule has 0 saturated heterocycles. The molecule has 0 heterocycles. The van der Waals surface area contributed by atoms with Gasteiger partial charge >= 0.3 is 5.97 Å². The van der Waals surface area contributed by atoms with E-state index < -0.39 is 0 Å². The maximum atomic E-state index is 10.9. The van der Waals surface area contributed by atoms with Crippen molar-refractivity contribution in [2.45, 2.75) is 20.8 Å². The maximum Gasteiger partial charge on any atom is 0.333 e. The lowest BCUT2D eigenvalue weighted by Gasteiger charge is -1.98. The number of rotatable bonds is 3. The van der Waals surface area contributed by atoms with Crippen LogP contribution in [0.25, 0.3) is 0 Å². The summed E-state index contributed by atoms with van der Waals surface area (Å²) in [6.07, 6.45) is 5.41. The van der Waals surface area contributed by atoms with E-state index in [1.165, 1.54) is 0 Å². The van der Waals surface area contributed by atoms with Crippen molar-refractivity contribution >= 4 is 5.97 Å². The topological polar surface area (TPSA) is 26.3 Å². The Morgan fingerprint density at radius 2 is 2.18 bits per heavy atom. The van der Waals surface area contributed by atoms with E-state index in [0.29, 0.717) is 12.2 Å². The Balaban J connectivity index is 4.00. The Morgan fingerprint density at radius 1 is 1.55 bits per heavy atom. The normalized spacial score (nSPS) is 12.1. The molecule has 0 fully saturated rings. The fraction of sp³-hybridized carbons (Fsp3) is 0.444. The molecule has 0 spiro atoms. The number of carbonyl (C=O) groups excluding carboxylic acids is 1. The number of allylic oxidation sites excluding steroid dienone is 3. The summed E-state index contributed by atoms with van der Waals surface area (Å²) in [6.45, 7) is 5.85. The van der Waals surface area contributed by atoms with Crippen LogP contribution in [0.1, 0.15) is 20.8 Å². The van der Waals surface area contributed by atoms with Crippen molar-refractivity contribution in [1.82, 2.24) is 0 Å². The number of carbonyl (C=O) groups is 1. The highest BCUT2D eigenvalue weighted by Gasteiger charge is 2.01. The SMILES string of the molecule is CC=CC=C(C)C(=O)OCC. The standard InChI is InChI=1S/C9H14O2/c1-4-6-7-8(3)9(10)11-5-2/h4,6-7H,5H2,1-3H3. The third kappa shape index (κ3) is 4.37. The molecule has 0 N–H and O–H groups in total. The van der Waals surface area contributed by atoms with Gasteiger partial charge in [0.25, 0.3) is 0 Å². The van der Waals surface area contributed by atoms with Gasteiger partial charge in [0.2, 0.25) is 0 Å². The van der Waals surface area contributed by atoms with Crippen LogP contribution in [0.5, 0.6) is 0 Å². The Bertz CT molecular complexity index is 178. The van der Waals surface area contributed by atoms with Crippen LogP contribution in [0.4, 0.5) is 0 Å². The molecule has 2 nitrogen and oxygen atoms in total. The zero-order valence-electron chi connectivity index (χ0n) is 7.26. The molecule has 0 radical (unpaired) electrons. The quantitative estimate of drug-likeness (QED) is 0.353. The van der Waals surface area contributed by atoms with Crippen molar-refractivity contribution in [2.75, 3.05) is 6.61 Å². The smallest absolute Gasteiger partial charge is 0.333 e. The van der Waals surface area contributed by atoms with Crippen LogP contribution in [0, 0.1) is 0 Å². The molecule has 11 heavy (non-hydrogen) atoms. The third-order valence-electron chi connectivity index (χ3n) is 1.14. The van der Waals surface area contributed by atoms with Crippen molar-refractivity contribution in [3.8, 4) is 0 Å². The first-order valence-electron chi connectivity index (χ1n) is 3.69. The van der Waals surface area contributed by atoms with E-state index in [4.69, 9.17) is 4.74 Å². The molecule has 0 aromatic rings. The van der Waals surface area contributed by atoms with Gasteiger partial charge in [0, 0.05) is 5.57 Å². The molecule has 0 aliphatic carbocycles. The average molecular weight is 154 g/mol. The van der Waals surface area contributed by atoms with E-state index in [9.17, 15) is 4.79 Å². The van der Waals surface area contributed by atoms with Gasteiger partial charge in [0.05, 0.1) is 6.61 Å². The van der Waals surface area contributed by atoms with Gasteiger partial charge in [-0.05, 0) is 20.8 Å². The molecule has 0 aromatic carbocycles. The van der Waals surface area contributed by atoms with Gasteiger partial charge in [-0.2, -0.15) is 0 Å². The molecule has 2 heteroatoms. The van der Waals surface area contributed by atoms with E-state index in [0.717, 1.165) is 0 Å². The van der Waals surface area contributed by atoms with Crippen molar-refractivity contribution in [3.05, 3.63) is 23.8 Å². The van der Waals surface area contributed by atoms with E-state index in [-0.39, 0.29) is 5.97 Å². The molecule has 0 rings (SSSR count). The number of esters is 1. The van der Waals surface area contributed by atoms with Crippen LogP contribution < -0.4 is 0 Å². The number of hydrogen-bond acceptors (Lipinski definition) is 2. The molecule has 0 amide bonds. The van der Waals surface area contributed by atoms with Gasteiger partial charge in [-0.15, -0.1) is 0 Å². The zero-order valence-corrected chi connectivity index (χ0v) is 7.26. The monoisotopic (exact) mass is 154 g/mol. The van der Waals surface area contributed by atoms with Gasteiger partial charge < -0.3 is 4.74 Å². The second kappa shape index (κ2) is 5.71. The van der Waals surface area contributed by atoms with Crippen LogP contribution in [-0.4, -0.2) is 12.6 Å². The lowest BCUT2D eigenvalue weighted by Crippen LogP contribution is -2.04. The fourth-order valence-corrected chi connectivity index (χ4v) is 0.554. The highest BCUT2D eigenvalue weighted by Crippen LogP contribution is 1.96. The predicted molar refractivity (Wildman–Crippen MR) is 45.2 cm³/mol. The van der Waals surface area contributed by atoms with Gasteiger partial charge in [-0.25, -0.2) is 4.79 Å². The molecule has 0 saturated carbocycles. The largest absolute Gasteiger partial charge is 0.463 e. The molecule has 0 aromatic heterocycles. The summed E-state index contributed by atoms with van der Waals surface area (Å²) >= 11 is 0. The summed E-state index contributed by atoms with van der Waals surface area (Å²) in [5.41, 5.74) is 0.630. The van der Waals surface area contributed by atoms with Crippen molar-refractivity contribution < 1.29 is 9.53 Å². The lowest BCUT2D eigenvalue weighted by atomic mass is 10.3. The van der Waals surface area contributed by atoms with Gasteiger partial charge in [0.15, 0.2) is 0 Å². The van der Waals surface area contributed by atoms with Crippen LogP contribution in [0.3, 0.4) is 0 Å². The van der Waals surface area contributed by atoms with E-state index >= 15 is 0 Å². The summed E-state index contributed by atoms with van der Waals surface area (Å²) in [6, 6.07) is 0. The summed E-state index contributed by atoms with van der Waals surface area (Å²) < 4.78 is 4.76. The third-order valence-corrected chi connectivity index (χ3v) is 1.14. The first kappa shape index (κ1) is 9.95. The van der Waals surface area contributed by atoms with Crippen molar-refractivity contribution in [3.63, 3.8) is 0 Å². The second-order valence-electron chi connectivity index (χ2n) is 2.10. The maximum absolute atomic E-state index is 10.9. The molecular formula is C9H14O2. The Labute approximate surface area is 67.6 Å². The van der Waals surface area contributed by atoms with E-state index in [1.54, 1.807) is 19.9 Å². The van der Waals surface area contributed by atoms with Crippen molar-refractivity contribution in [1.29, 1.82) is 0 Å². The van der Waals surface area contributed by atoms with Gasteiger partial charge in [-0.3, -0.25) is 0 Å². The fourth-order valence-electron chi connectivity index (χ4n) is 0.554. The Morgan fingerprint density at radius 3 is 2.64 bits per heavy atom. The molecule has 62 valence electrons. The summed E-state index contributed by atoms with van der Waals surface area (Å²) in [4.78, 5) is 10.9. The molecule has 0 unspecified atom stereocenters. The highest BCUT2D eigenvalue weighted by atomic mass is 16.5. The molecule has 0 aliphatic rings. The minimum atomic E-state index is -0.245. The summed E-state index contributed by atoms with van der Waals surface area (Å²) in [5, 5.41) is 0. The number of hydrogen-bond donors (Lipinski definition) is 0. The van der Waals surface area contributed by atoms with Crippen molar-refractivity contribution in [2.24, 2.45) is 0 Å². The molecular weight excluding hydrogens is 140 g/mol. The first-order chi connectivity index (χ1) is 5.22. The van der Waals surface area contributed by atoms with E-state index in [1.807, 2.05) is 19.1 Å². The minimum absolute atomic E-state index is 0.245. The summed E-state index contributed by atoms with van der Waals surface area (Å²) in [7, 11) is 0. The van der Waals surface area contributed by atoms with Crippen LogP contribution in [0.15, 0.2) is 23.8 Å². The zero-order chi connectivity index (χ0) is 8.69. The number of ether oxygens (including phenoxy) is 1. The van der Waals surface area contributed by atoms with E-state index in [2.05, 4.69) is 0 Å². The predicted octanol–water partition coefficient (Wildman–Crippen LogP) is 2.07. The molecule has 0 aliphatic heterocycles.